The maximum atomic E-state index is 11.2. The van der Waals surface area contributed by atoms with Crippen molar-refractivity contribution in [2.24, 2.45) is 0 Å². The van der Waals surface area contributed by atoms with Gasteiger partial charge in [0.25, 0.3) is 5.69 Å². The van der Waals surface area contributed by atoms with Gasteiger partial charge in [-0.2, -0.15) is 0 Å². The number of nitro benzene ring substituents is 1. The molecule has 6 nitrogen and oxygen atoms in total. The molecule has 0 saturated carbocycles. The fourth-order valence-corrected chi connectivity index (χ4v) is 3.00. The second-order valence-electron chi connectivity index (χ2n) is 5.36. The van der Waals surface area contributed by atoms with Crippen molar-refractivity contribution in [2.45, 2.75) is 12.8 Å². The Bertz CT molecular complexity index is 494. The number of nitro groups is 1. The average molecular weight is 276 g/mol. The van der Waals surface area contributed by atoms with E-state index in [1.807, 2.05) is 12.1 Å². The third-order valence-electron chi connectivity index (χ3n) is 4.08. The Labute approximate surface area is 118 Å². The lowest BCUT2D eigenvalue weighted by Gasteiger charge is -2.30. The Morgan fingerprint density at radius 3 is 2.40 bits per heavy atom. The Kier molecular flexibility index (Phi) is 3.73. The van der Waals surface area contributed by atoms with Crippen molar-refractivity contribution in [3.05, 3.63) is 28.3 Å². The zero-order valence-electron chi connectivity index (χ0n) is 11.5. The van der Waals surface area contributed by atoms with Gasteiger partial charge in [-0.1, -0.05) is 0 Å². The molecule has 0 aromatic heterocycles. The van der Waals surface area contributed by atoms with Crippen LogP contribution in [0.5, 0.6) is 0 Å². The third kappa shape index (κ3) is 2.56. The lowest BCUT2D eigenvalue weighted by atomic mass is 10.2. The summed E-state index contributed by atoms with van der Waals surface area (Å²) in [5.41, 5.74) is 2.09. The number of rotatable bonds is 3. The van der Waals surface area contributed by atoms with Crippen LogP contribution in [0.1, 0.15) is 12.8 Å². The van der Waals surface area contributed by atoms with Gasteiger partial charge in [0.05, 0.1) is 4.92 Å². The molecule has 6 heteroatoms. The van der Waals surface area contributed by atoms with E-state index in [1.54, 1.807) is 6.07 Å². The highest BCUT2D eigenvalue weighted by atomic mass is 16.6. The zero-order valence-corrected chi connectivity index (χ0v) is 11.5. The predicted octanol–water partition coefficient (Wildman–Crippen LogP) is 1.60. The van der Waals surface area contributed by atoms with Crippen LogP contribution < -0.4 is 15.1 Å². The Morgan fingerprint density at radius 2 is 1.75 bits per heavy atom. The fraction of sp³-hybridized carbons (Fsp3) is 0.571. The monoisotopic (exact) mass is 276 g/mol. The van der Waals surface area contributed by atoms with Crippen molar-refractivity contribution in [2.75, 3.05) is 49.1 Å². The molecule has 0 amide bonds. The smallest absolute Gasteiger partial charge is 0.292 e. The van der Waals surface area contributed by atoms with Gasteiger partial charge in [0, 0.05) is 51.0 Å². The molecule has 1 aromatic carbocycles. The van der Waals surface area contributed by atoms with E-state index in [-0.39, 0.29) is 10.6 Å². The van der Waals surface area contributed by atoms with Crippen LogP contribution in [0.25, 0.3) is 0 Å². The van der Waals surface area contributed by atoms with Crippen molar-refractivity contribution in [1.29, 1.82) is 0 Å². The summed E-state index contributed by atoms with van der Waals surface area (Å²) < 4.78 is 0. The van der Waals surface area contributed by atoms with E-state index in [9.17, 15) is 10.1 Å². The molecule has 0 unspecified atom stereocenters. The molecule has 2 heterocycles. The molecule has 2 aliphatic rings. The quantitative estimate of drug-likeness (QED) is 0.671. The van der Waals surface area contributed by atoms with Crippen molar-refractivity contribution in [3.8, 4) is 0 Å². The number of anilines is 2. The van der Waals surface area contributed by atoms with Gasteiger partial charge in [0.2, 0.25) is 0 Å². The second kappa shape index (κ2) is 5.66. The van der Waals surface area contributed by atoms with Gasteiger partial charge >= 0.3 is 0 Å². The largest absolute Gasteiger partial charge is 0.371 e. The molecule has 20 heavy (non-hydrogen) atoms. The first-order valence-corrected chi connectivity index (χ1v) is 7.25. The molecule has 0 spiro atoms. The summed E-state index contributed by atoms with van der Waals surface area (Å²) in [4.78, 5) is 15.4. The molecule has 0 radical (unpaired) electrons. The Balaban J connectivity index is 1.93. The number of benzene rings is 1. The van der Waals surface area contributed by atoms with E-state index in [0.29, 0.717) is 0 Å². The van der Waals surface area contributed by atoms with Gasteiger partial charge in [-0.05, 0) is 25.0 Å². The topological polar surface area (TPSA) is 61.7 Å². The summed E-state index contributed by atoms with van der Waals surface area (Å²) in [6, 6.07) is 5.54. The molecular formula is C14H20N4O2. The summed E-state index contributed by atoms with van der Waals surface area (Å²) in [5, 5.41) is 14.5. The molecule has 3 rings (SSSR count). The van der Waals surface area contributed by atoms with Gasteiger partial charge in [-0.15, -0.1) is 0 Å². The van der Waals surface area contributed by atoms with Gasteiger partial charge < -0.3 is 15.1 Å². The minimum absolute atomic E-state index is 0.217. The molecule has 0 aliphatic carbocycles. The fourth-order valence-electron chi connectivity index (χ4n) is 3.00. The average Bonchev–Trinajstić information content (AvgIpc) is 3.02. The maximum Gasteiger partial charge on any atom is 0.292 e. The third-order valence-corrected chi connectivity index (χ3v) is 4.08. The standard InChI is InChI=1S/C14H20N4O2/c19-18(20)13-4-3-12(16-7-1-2-8-16)11-14(13)17-9-5-15-6-10-17/h3-4,11,15H,1-2,5-10H2. The van der Waals surface area contributed by atoms with E-state index >= 15 is 0 Å². The van der Waals surface area contributed by atoms with Crippen LogP contribution in [-0.2, 0) is 0 Å². The molecule has 108 valence electrons. The number of piperazine rings is 1. The molecule has 0 atom stereocenters. The van der Waals surface area contributed by atoms with Crippen LogP contribution in [0.15, 0.2) is 18.2 Å². The normalized spacial score (nSPS) is 19.4. The minimum Gasteiger partial charge on any atom is -0.371 e. The first kappa shape index (κ1) is 13.2. The maximum absolute atomic E-state index is 11.2. The first-order valence-electron chi connectivity index (χ1n) is 7.25. The van der Waals surface area contributed by atoms with Gasteiger partial charge in [-0.25, -0.2) is 0 Å². The van der Waals surface area contributed by atoms with Crippen molar-refractivity contribution in [1.82, 2.24) is 5.32 Å². The molecule has 0 bridgehead atoms. The van der Waals surface area contributed by atoms with Gasteiger partial charge in [0.1, 0.15) is 5.69 Å². The van der Waals surface area contributed by atoms with E-state index in [4.69, 9.17) is 0 Å². The highest BCUT2D eigenvalue weighted by Gasteiger charge is 2.23. The molecule has 2 aliphatic heterocycles. The molecule has 1 aromatic rings. The minimum atomic E-state index is -0.273. The van der Waals surface area contributed by atoms with Crippen LogP contribution in [0, 0.1) is 10.1 Å². The zero-order chi connectivity index (χ0) is 13.9. The van der Waals surface area contributed by atoms with Crippen molar-refractivity contribution < 1.29 is 4.92 Å². The van der Waals surface area contributed by atoms with Crippen LogP contribution in [0.4, 0.5) is 17.1 Å². The lowest BCUT2D eigenvalue weighted by Crippen LogP contribution is -2.43. The van der Waals surface area contributed by atoms with E-state index in [0.717, 1.165) is 50.6 Å². The number of hydrogen-bond acceptors (Lipinski definition) is 5. The number of nitrogens with zero attached hydrogens (tertiary/aromatic N) is 3. The summed E-state index contributed by atoms with van der Waals surface area (Å²) >= 11 is 0. The highest BCUT2D eigenvalue weighted by molar-refractivity contribution is 5.70. The van der Waals surface area contributed by atoms with Gasteiger partial charge in [-0.3, -0.25) is 10.1 Å². The number of hydrogen-bond donors (Lipinski definition) is 1. The molecular weight excluding hydrogens is 256 g/mol. The molecule has 1 N–H and O–H groups in total. The van der Waals surface area contributed by atoms with Crippen LogP contribution in [-0.4, -0.2) is 44.2 Å². The van der Waals surface area contributed by atoms with E-state index in [1.165, 1.54) is 12.8 Å². The number of nitrogens with one attached hydrogen (secondary N) is 1. The van der Waals surface area contributed by atoms with Crippen LogP contribution >= 0.6 is 0 Å². The molecule has 2 saturated heterocycles. The Hall–Kier alpha value is -1.82. The van der Waals surface area contributed by atoms with Gasteiger partial charge in [0.15, 0.2) is 0 Å². The van der Waals surface area contributed by atoms with Crippen LogP contribution in [0.2, 0.25) is 0 Å². The lowest BCUT2D eigenvalue weighted by molar-refractivity contribution is -0.384. The highest BCUT2D eigenvalue weighted by Crippen LogP contribution is 2.33. The first-order chi connectivity index (χ1) is 9.75. The van der Waals surface area contributed by atoms with E-state index < -0.39 is 0 Å². The van der Waals surface area contributed by atoms with Crippen molar-refractivity contribution in [3.63, 3.8) is 0 Å². The van der Waals surface area contributed by atoms with E-state index in [2.05, 4.69) is 15.1 Å². The Morgan fingerprint density at radius 1 is 1.05 bits per heavy atom. The summed E-state index contributed by atoms with van der Waals surface area (Å²) in [6.07, 6.45) is 2.42. The second-order valence-corrected chi connectivity index (χ2v) is 5.36. The summed E-state index contributed by atoms with van der Waals surface area (Å²) in [5.74, 6) is 0. The summed E-state index contributed by atoms with van der Waals surface area (Å²) in [6.45, 7) is 5.52. The predicted molar refractivity (Wildman–Crippen MR) is 79.6 cm³/mol. The molecule has 2 fully saturated rings. The van der Waals surface area contributed by atoms with Crippen LogP contribution in [0.3, 0.4) is 0 Å². The van der Waals surface area contributed by atoms with Crippen molar-refractivity contribution >= 4 is 17.1 Å². The SMILES string of the molecule is O=[N+]([O-])c1ccc(N2CCCC2)cc1N1CCNCC1. The summed E-state index contributed by atoms with van der Waals surface area (Å²) in [7, 11) is 0.